The van der Waals surface area contributed by atoms with E-state index in [0.29, 0.717) is 6.04 Å². The van der Waals surface area contributed by atoms with Crippen LogP contribution in [0.3, 0.4) is 0 Å². The Hall–Kier alpha value is -0.770. The van der Waals surface area contributed by atoms with Gasteiger partial charge in [-0.05, 0) is 44.6 Å². The number of benzene rings is 1. The van der Waals surface area contributed by atoms with Crippen LogP contribution in [0.4, 0.5) is 0 Å². The van der Waals surface area contributed by atoms with Crippen molar-refractivity contribution in [3.63, 3.8) is 0 Å². The van der Waals surface area contributed by atoms with Crippen LogP contribution >= 0.6 is 11.6 Å². The highest BCUT2D eigenvalue weighted by atomic mass is 35.5. The highest BCUT2D eigenvalue weighted by Gasteiger charge is 2.16. The average molecular weight is 269 g/mol. The van der Waals surface area contributed by atoms with Gasteiger partial charge in [-0.2, -0.15) is 0 Å². The summed E-state index contributed by atoms with van der Waals surface area (Å²) in [6, 6.07) is 6.40. The topological polar surface area (TPSA) is 24.5 Å². The van der Waals surface area contributed by atoms with Crippen LogP contribution in [0.15, 0.2) is 18.2 Å². The Morgan fingerprint density at radius 1 is 1.50 bits per heavy atom. The van der Waals surface area contributed by atoms with Crippen LogP contribution in [0.2, 0.25) is 5.02 Å². The third-order valence-corrected chi connectivity index (χ3v) is 3.61. The molecule has 100 valence electrons. The van der Waals surface area contributed by atoms with Gasteiger partial charge in [0.1, 0.15) is 5.75 Å². The first kappa shape index (κ1) is 13.7. The standard InChI is InChI=1S/C14H21ClN2O/c1-17(10-13-4-3-7-16-13)9-11-8-12(15)5-6-14(11)18-2/h5-6,8,13,16H,3-4,7,9-10H2,1-2H3. The summed E-state index contributed by atoms with van der Waals surface area (Å²) in [4.78, 5) is 2.32. The molecule has 1 N–H and O–H groups in total. The molecule has 0 aliphatic carbocycles. The lowest BCUT2D eigenvalue weighted by molar-refractivity contribution is 0.287. The molecule has 0 amide bonds. The Labute approximate surface area is 114 Å². The third-order valence-electron chi connectivity index (χ3n) is 3.38. The minimum atomic E-state index is 0.625. The molecule has 1 aromatic rings. The second-order valence-corrected chi connectivity index (χ2v) is 5.38. The molecule has 0 radical (unpaired) electrons. The van der Waals surface area contributed by atoms with Crippen LogP contribution in [0.25, 0.3) is 0 Å². The van der Waals surface area contributed by atoms with Gasteiger partial charge in [-0.1, -0.05) is 11.6 Å². The zero-order chi connectivity index (χ0) is 13.0. The maximum atomic E-state index is 6.04. The van der Waals surface area contributed by atoms with Crippen molar-refractivity contribution in [1.29, 1.82) is 0 Å². The molecule has 2 rings (SSSR count). The molecule has 1 aliphatic heterocycles. The summed E-state index contributed by atoms with van der Waals surface area (Å²) in [6.07, 6.45) is 2.57. The van der Waals surface area contributed by atoms with Crippen LogP contribution in [0, 0.1) is 0 Å². The van der Waals surface area contributed by atoms with Crippen molar-refractivity contribution in [2.24, 2.45) is 0 Å². The summed E-state index contributed by atoms with van der Waals surface area (Å²) in [5, 5.41) is 4.28. The molecule has 1 aliphatic rings. The zero-order valence-corrected chi connectivity index (χ0v) is 11.8. The predicted octanol–water partition coefficient (Wildman–Crippen LogP) is 2.53. The van der Waals surface area contributed by atoms with E-state index >= 15 is 0 Å². The van der Waals surface area contributed by atoms with Crippen LogP contribution in [-0.4, -0.2) is 38.2 Å². The molecule has 18 heavy (non-hydrogen) atoms. The molecular formula is C14H21ClN2O. The van der Waals surface area contributed by atoms with Crippen molar-refractivity contribution in [2.45, 2.75) is 25.4 Å². The smallest absolute Gasteiger partial charge is 0.123 e. The number of methoxy groups -OCH3 is 1. The molecule has 0 saturated carbocycles. The minimum Gasteiger partial charge on any atom is -0.496 e. The Bertz CT molecular complexity index is 391. The van der Waals surface area contributed by atoms with Gasteiger partial charge in [-0.25, -0.2) is 0 Å². The molecule has 1 atom stereocenters. The quantitative estimate of drug-likeness (QED) is 0.888. The third kappa shape index (κ3) is 3.61. The van der Waals surface area contributed by atoms with Crippen LogP contribution < -0.4 is 10.1 Å². The van der Waals surface area contributed by atoms with Gasteiger partial charge in [0, 0.05) is 29.7 Å². The van der Waals surface area contributed by atoms with E-state index in [1.54, 1.807) is 7.11 Å². The van der Waals surface area contributed by atoms with E-state index in [0.717, 1.165) is 36.0 Å². The zero-order valence-electron chi connectivity index (χ0n) is 11.1. The monoisotopic (exact) mass is 268 g/mol. The van der Waals surface area contributed by atoms with E-state index in [-0.39, 0.29) is 0 Å². The highest BCUT2D eigenvalue weighted by molar-refractivity contribution is 6.30. The molecule has 0 bridgehead atoms. The van der Waals surface area contributed by atoms with Gasteiger partial charge in [-0.3, -0.25) is 0 Å². The van der Waals surface area contributed by atoms with Gasteiger partial charge in [0.25, 0.3) is 0 Å². The van der Waals surface area contributed by atoms with E-state index in [2.05, 4.69) is 17.3 Å². The molecule has 1 unspecified atom stereocenters. The lowest BCUT2D eigenvalue weighted by Crippen LogP contribution is -2.35. The van der Waals surface area contributed by atoms with Gasteiger partial charge in [-0.15, -0.1) is 0 Å². The van der Waals surface area contributed by atoms with Crippen molar-refractivity contribution in [3.8, 4) is 5.75 Å². The number of ether oxygens (including phenoxy) is 1. The Morgan fingerprint density at radius 2 is 2.33 bits per heavy atom. The van der Waals surface area contributed by atoms with Gasteiger partial charge >= 0.3 is 0 Å². The average Bonchev–Trinajstić information content (AvgIpc) is 2.82. The minimum absolute atomic E-state index is 0.625. The summed E-state index contributed by atoms with van der Waals surface area (Å²) in [7, 11) is 3.84. The summed E-state index contributed by atoms with van der Waals surface area (Å²) in [5.41, 5.74) is 1.14. The Kier molecular flexibility index (Phi) is 4.87. The van der Waals surface area contributed by atoms with Crippen molar-refractivity contribution < 1.29 is 4.74 Å². The molecule has 0 aromatic heterocycles. The normalized spacial score (nSPS) is 19.4. The molecule has 1 saturated heterocycles. The first-order valence-corrected chi connectivity index (χ1v) is 6.81. The molecule has 3 nitrogen and oxygen atoms in total. The van der Waals surface area contributed by atoms with Crippen molar-refractivity contribution in [2.75, 3.05) is 27.2 Å². The fourth-order valence-corrected chi connectivity index (χ4v) is 2.71. The molecule has 1 aromatic carbocycles. The maximum Gasteiger partial charge on any atom is 0.123 e. The molecular weight excluding hydrogens is 248 g/mol. The summed E-state index contributed by atoms with van der Waals surface area (Å²) in [5.74, 6) is 0.908. The second-order valence-electron chi connectivity index (χ2n) is 4.95. The maximum absolute atomic E-state index is 6.04. The number of nitrogens with one attached hydrogen (secondary N) is 1. The Morgan fingerprint density at radius 3 is 3.00 bits per heavy atom. The summed E-state index contributed by atoms with van der Waals surface area (Å²) >= 11 is 6.04. The van der Waals surface area contributed by atoms with E-state index in [9.17, 15) is 0 Å². The van der Waals surface area contributed by atoms with E-state index in [1.165, 1.54) is 12.8 Å². The first-order chi connectivity index (χ1) is 8.69. The van der Waals surface area contributed by atoms with E-state index in [4.69, 9.17) is 16.3 Å². The number of hydrogen-bond donors (Lipinski definition) is 1. The fraction of sp³-hybridized carbons (Fsp3) is 0.571. The van der Waals surface area contributed by atoms with Gasteiger partial charge < -0.3 is 15.0 Å². The summed E-state index contributed by atoms with van der Waals surface area (Å²) in [6.45, 7) is 3.08. The molecule has 4 heteroatoms. The fourth-order valence-electron chi connectivity index (χ4n) is 2.51. The largest absolute Gasteiger partial charge is 0.496 e. The van der Waals surface area contributed by atoms with Crippen LogP contribution in [-0.2, 0) is 6.54 Å². The van der Waals surface area contributed by atoms with Crippen molar-refractivity contribution in [3.05, 3.63) is 28.8 Å². The van der Waals surface area contributed by atoms with Crippen LogP contribution in [0.5, 0.6) is 5.75 Å². The van der Waals surface area contributed by atoms with Crippen LogP contribution in [0.1, 0.15) is 18.4 Å². The number of hydrogen-bond acceptors (Lipinski definition) is 3. The van der Waals surface area contributed by atoms with Gasteiger partial charge in [0.2, 0.25) is 0 Å². The van der Waals surface area contributed by atoms with E-state index in [1.807, 2.05) is 18.2 Å². The number of rotatable bonds is 5. The number of nitrogens with zero attached hydrogens (tertiary/aromatic N) is 1. The van der Waals surface area contributed by atoms with Crippen molar-refractivity contribution in [1.82, 2.24) is 10.2 Å². The second kappa shape index (κ2) is 6.41. The molecule has 1 fully saturated rings. The lowest BCUT2D eigenvalue weighted by atomic mass is 10.1. The SMILES string of the molecule is COc1ccc(Cl)cc1CN(C)CC1CCCN1. The summed E-state index contributed by atoms with van der Waals surface area (Å²) < 4.78 is 5.37. The number of halogens is 1. The van der Waals surface area contributed by atoms with Gasteiger partial charge in [0.05, 0.1) is 7.11 Å². The number of likely N-dealkylation sites (N-methyl/N-ethyl adjacent to an activating group) is 1. The first-order valence-electron chi connectivity index (χ1n) is 6.43. The lowest BCUT2D eigenvalue weighted by Gasteiger charge is -2.22. The predicted molar refractivity (Wildman–Crippen MR) is 75.4 cm³/mol. The van der Waals surface area contributed by atoms with Gasteiger partial charge in [0.15, 0.2) is 0 Å². The molecule has 0 spiro atoms. The van der Waals surface area contributed by atoms with Crippen molar-refractivity contribution >= 4 is 11.6 Å². The molecule has 1 heterocycles. The Balaban J connectivity index is 1.96. The highest BCUT2D eigenvalue weighted by Crippen LogP contribution is 2.24. The van der Waals surface area contributed by atoms with E-state index < -0.39 is 0 Å².